The first-order valence-corrected chi connectivity index (χ1v) is 3.63. The summed E-state index contributed by atoms with van der Waals surface area (Å²) in [7, 11) is 0. The predicted molar refractivity (Wildman–Crippen MR) is 39.9 cm³/mol. The number of anilines is 1. The van der Waals surface area contributed by atoms with E-state index in [9.17, 15) is 13.2 Å². The summed E-state index contributed by atoms with van der Waals surface area (Å²) in [4.78, 5) is 0.240. The van der Waals surface area contributed by atoms with Gasteiger partial charge in [0, 0.05) is 12.3 Å². The van der Waals surface area contributed by atoms with Crippen LogP contribution < -0.4 is 4.90 Å². The van der Waals surface area contributed by atoms with Gasteiger partial charge in [-0.1, -0.05) is 0 Å². The molecule has 0 saturated carbocycles. The Labute approximate surface area is 72.1 Å². The van der Waals surface area contributed by atoms with Crippen LogP contribution >= 0.6 is 0 Å². The average molecular weight is 189 g/mol. The molecule has 0 aromatic carbocycles. The minimum absolute atomic E-state index is 0.0509. The van der Waals surface area contributed by atoms with Crippen molar-refractivity contribution >= 4 is 5.82 Å². The lowest BCUT2D eigenvalue weighted by molar-refractivity contribution is -0.123. The summed E-state index contributed by atoms with van der Waals surface area (Å²) in [5.41, 5.74) is 0. The third-order valence-corrected chi connectivity index (χ3v) is 1.75. The summed E-state index contributed by atoms with van der Waals surface area (Å²) in [5.74, 6) is 0.0509. The SMILES string of the molecule is FC(F)(F)N1C=CCn2nccc21. The fraction of sp³-hybridized carbons (Fsp3) is 0.286. The summed E-state index contributed by atoms with van der Waals surface area (Å²) in [6, 6.07) is 1.33. The zero-order valence-electron chi connectivity index (χ0n) is 6.49. The van der Waals surface area contributed by atoms with Gasteiger partial charge in [-0.25, -0.2) is 9.58 Å². The Morgan fingerprint density at radius 1 is 1.38 bits per heavy atom. The molecule has 2 rings (SSSR count). The molecular formula is C7H6F3N3. The Kier molecular flexibility index (Phi) is 1.58. The van der Waals surface area contributed by atoms with Crippen LogP contribution in [0.4, 0.5) is 19.0 Å². The molecule has 0 atom stereocenters. The number of hydrogen-bond donors (Lipinski definition) is 0. The molecule has 13 heavy (non-hydrogen) atoms. The highest BCUT2D eigenvalue weighted by atomic mass is 19.4. The van der Waals surface area contributed by atoms with Crippen LogP contribution in [0.25, 0.3) is 0 Å². The van der Waals surface area contributed by atoms with Gasteiger partial charge in [-0.15, -0.1) is 13.2 Å². The van der Waals surface area contributed by atoms with Crippen LogP contribution in [0.5, 0.6) is 0 Å². The van der Waals surface area contributed by atoms with E-state index in [0.29, 0.717) is 6.54 Å². The van der Waals surface area contributed by atoms with E-state index in [4.69, 9.17) is 0 Å². The first-order valence-electron chi connectivity index (χ1n) is 3.63. The van der Waals surface area contributed by atoms with Crippen molar-refractivity contribution in [2.45, 2.75) is 12.8 Å². The van der Waals surface area contributed by atoms with Crippen LogP contribution in [-0.2, 0) is 6.54 Å². The zero-order chi connectivity index (χ0) is 9.47. The fourth-order valence-electron chi connectivity index (χ4n) is 1.21. The van der Waals surface area contributed by atoms with Crippen molar-refractivity contribution in [1.29, 1.82) is 0 Å². The maximum Gasteiger partial charge on any atom is 0.490 e. The van der Waals surface area contributed by atoms with Crippen LogP contribution in [0.3, 0.4) is 0 Å². The van der Waals surface area contributed by atoms with E-state index in [1.165, 1.54) is 23.0 Å². The number of allylic oxidation sites excluding steroid dienone is 1. The number of halogens is 3. The van der Waals surface area contributed by atoms with E-state index in [1.54, 1.807) is 0 Å². The van der Waals surface area contributed by atoms with Gasteiger partial charge in [0.2, 0.25) is 0 Å². The largest absolute Gasteiger partial charge is 0.490 e. The van der Waals surface area contributed by atoms with Crippen molar-refractivity contribution in [2.75, 3.05) is 4.90 Å². The quantitative estimate of drug-likeness (QED) is 0.579. The van der Waals surface area contributed by atoms with Gasteiger partial charge in [0.1, 0.15) is 5.82 Å². The molecule has 0 radical (unpaired) electrons. The number of nitrogens with zero attached hydrogens (tertiary/aromatic N) is 3. The molecule has 2 heterocycles. The molecule has 0 amide bonds. The monoisotopic (exact) mass is 189 g/mol. The lowest BCUT2D eigenvalue weighted by atomic mass is 10.4. The van der Waals surface area contributed by atoms with Crippen molar-refractivity contribution in [3.63, 3.8) is 0 Å². The molecule has 6 heteroatoms. The summed E-state index contributed by atoms with van der Waals surface area (Å²) >= 11 is 0. The number of fused-ring (bicyclic) bond motifs is 1. The van der Waals surface area contributed by atoms with E-state index < -0.39 is 6.30 Å². The molecule has 1 aromatic heterocycles. The molecule has 0 N–H and O–H groups in total. The first-order chi connectivity index (χ1) is 6.09. The van der Waals surface area contributed by atoms with E-state index in [0.717, 1.165) is 6.20 Å². The van der Waals surface area contributed by atoms with Gasteiger partial charge < -0.3 is 0 Å². The Balaban J connectivity index is 2.41. The molecule has 0 bridgehead atoms. The minimum atomic E-state index is -4.38. The van der Waals surface area contributed by atoms with Gasteiger partial charge in [0.25, 0.3) is 0 Å². The molecule has 1 aromatic rings. The fourth-order valence-corrected chi connectivity index (χ4v) is 1.21. The van der Waals surface area contributed by atoms with Gasteiger partial charge in [-0.2, -0.15) is 5.10 Å². The zero-order valence-corrected chi connectivity index (χ0v) is 6.49. The molecule has 0 unspecified atom stereocenters. The van der Waals surface area contributed by atoms with Gasteiger partial charge in [-0.3, -0.25) is 0 Å². The van der Waals surface area contributed by atoms with Crippen LogP contribution in [0.2, 0.25) is 0 Å². The Morgan fingerprint density at radius 2 is 2.15 bits per heavy atom. The van der Waals surface area contributed by atoms with Gasteiger partial charge in [-0.05, 0) is 6.08 Å². The third-order valence-electron chi connectivity index (χ3n) is 1.75. The van der Waals surface area contributed by atoms with Gasteiger partial charge in [0.05, 0.1) is 12.7 Å². The smallest absolute Gasteiger partial charge is 0.245 e. The van der Waals surface area contributed by atoms with E-state index in [-0.39, 0.29) is 10.7 Å². The highest BCUT2D eigenvalue weighted by Gasteiger charge is 2.38. The standard InChI is InChI=1S/C7H6F3N3/c8-7(9,10)12-4-1-5-13-6(12)2-3-11-13/h1-4H,5H2. The van der Waals surface area contributed by atoms with Crippen molar-refractivity contribution in [3.05, 3.63) is 24.5 Å². The lowest BCUT2D eigenvalue weighted by Crippen LogP contribution is -2.36. The Morgan fingerprint density at radius 3 is 2.85 bits per heavy atom. The van der Waals surface area contributed by atoms with Gasteiger partial charge >= 0.3 is 6.30 Å². The summed E-state index contributed by atoms with van der Waals surface area (Å²) < 4.78 is 38.3. The molecule has 70 valence electrons. The lowest BCUT2D eigenvalue weighted by Gasteiger charge is -2.25. The van der Waals surface area contributed by atoms with E-state index in [2.05, 4.69) is 5.10 Å². The highest BCUT2D eigenvalue weighted by Crippen LogP contribution is 2.30. The molecule has 3 nitrogen and oxygen atoms in total. The average Bonchev–Trinajstić information content (AvgIpc) is 2.48. The van der Waals surface area contributed by atoms with E-state index >= 15 is 0 Å². The number of hydrogen-bond acceptors (Lipinski definition) is 2. The summed E-state index contributed by atoms with van der Waals surface area (Å²) in [6.45, 7) is 0.384. The second-order valence-electron chi connectivity index (χ2n) is 2.59. The molecule has 0 aliphatic carbocycles. The summed E-state index contributed by atoms with van der Waals surface area (Å²) in [6.07, 6.45) is -0.611. The second-order valence-corrected chi connectivity index (χ2v) is 2.59. The molecule has 1 aliphatic rings. The molecule has 0 saturated heterocycles. The molecular weight excluding hydrogens is 183 g/mol. The topological polar surface area (TPSA) is 21.1 Å². The third kappa shape index (κ3) is 1.28. The van der Waals surface area contributed by atoms with Crippen LogP contribution in [0, 0.1) is 0 Å². The Hall–Kier alpha value is -1.46. The number of rotatable bonds is 0. The van der Waals surface area contributed by atoms with Crippen LogP contribution in [0.15, 0.2) is 24.5 Å². The molecule has 0 spiro atoms. The Bertz CT molecular complexity index is 339. The van der Waals surface area contributed by atoms with Crippen molar-refractivity contribution in [3.8, 4) is 0 Å². The maximum absolute atomic E-state index is 12.3. The summed E-state index contributed by atoms with van der Waals surface area (Å²) in [5, 5.41) is 3.74. The predicted octanol–water partition coefficient (Wildman–Crippen LogP) is 1.74. The molecule has 1 aliphatic heterocycles. The van der Waals surface area contributed by atoms with Crippen molar-refractivity contribution in [1.82, 2.24) is 9.78 Å². The van der Waals surface area contributed by atoms with Gasteiger partial charge in [0.15, 0.2) is 0 Å². The molecule has 0 fully saturated rings. The number of alkyl halides is 3. The maximum atomic E-state index is 12.3. The van der Waals surface area contributed by atoms with Crippen molar-refractivity contribution < 1.29 is 13.2 Å². The van der Waals surface area contributed by atoms with Crippen molar-refractivity contribution in [2.24, 2.45) is 0 Å². The van der Waals surface area contributed by atoms with E-state index in [1.807, 2.05) is 0 Å². The first kappa shape index (κ1) is 8.15. The highest BCUT2D eigenvalue weighted by molar-refractivity contribution is 5.45. The minimum Gasteiger partial charge on any atom is -0.245 e. The number of aromatic nitrogens is 2. The van der Waals surface area contributed by atoms with Crippen LogP contribution in [-0.4, -0.2) is 16.1 Å². The van der Waals surface area contributed by atoms with Crippen LogP contribution in [0.1, 0.15) is 0 Å². The second kappa shape index (κ2) is 2.51. The normalized spacial score (nSPS) is 16.1.